The first-order chi connectivity index (χ1) is 11.3. The molecule has 126 valence electrons. The Morgan fingerprint density at radius 1 is 1.12 bits per heavy atom. The molecule has 0 fully saturated rings. The molecule has 8 heteroatoms. The van der Waals surface area contributed by atoms with Crippen LogP contribution in [-0.4, -0.2) is 17.9 Å². The normalized spacial score (nSPS) is 11.8. The number of primary amides is 1. The molecule has 0 spiro atoms. The minimum atomic E-state index is -1.36. The number of nitrogens with two attached hydrogens (primary N) is 1. The molecule has 3 N–H and O–H groups in total. The van der Waals surface area contributed by atoms with Crippen LogP contribution in [0.3, 0.4) is 0 Å². The second-order valence-corrected chi connectivity index (χ2v) is 6.13. The summed E-state index contributed by atoms with van der Waals surface area (Å²) in [6, 6.07) is 6.69. The number of hydrogen-bond acceptors (Lipinski definition) is 2. The summed E-state index contributed by atoms with van der Waals surface area (Å²) in [7, 11) is 0. The number of halogens is 4. The molecule has 2 aromatic carbocycles. The molecule has 4 nitrogen and oxygen atoms in total. The van der Waals surface area contributed by atoms with E-state index in [-0.39, 0.29) is 6.42 Å². The van der Waals surface area contributed by atoms with Gasteiger partial charge in [0.25, 0.3) is 5.91 Å². The highest BCUT2D eigenvalue weighted by Crippen LogP contribution is 2.16. The number of amides is 2. The number of nitrogens with one attached hydrogen (secondary N) is 1. The Kier molecular flexibility index (Phi) is 5.81. The van der Waals surface area contributed by atoms with E-state index >= 15 is 0 Å². The maximum absolute atomic E-state index is 13.6. The predicted molar refractivity (Wildman–Crippen MR) is 89.6 cm³/mol. The van der Waals surface area contributed by atoms with Gasteiger partial charge in [-0.15, -0.1) is 0 Å². The van der Waals surface area contributed by atoms with E-state index in [0.29, 0.717) is 12.1 Å². The van der Waals surface area contributed by atoms with E-state index in [9.17, 15) is 22.8 Å². The number of benzene rings is 2. The van der Waals surface area contributed by atoms with Crippen molar-refractivity contribution in [1.29, 1.82) is 0 Å². The third kappa shape index (κ3) is 4.25. The van der Waals surface area contributed by atoms with Gasteiger partial charge in [-0.1, -0.05) is 18.2 Å². The second-order valence-electron chi connectivity index (χ2n) is 4.97. The van der Waals surface area contributed by atoms with Crippen molar-refractivity contribution >= 4 is 34.4 Å². The van der Waals surface area contributed by atoms with Crippen LogP contribution in [0.5, 0.6) is 0 Å². The molecule has 0 aromatic heterocycles. The molecule has 0 aliphatic rings. The fourth-order valence-electron chi connectivity index (χ4n) is 2.10. The Morgan fingerprint density at radius 2 is 1.71 bits per heavy atom. The zero-order valence-electron chi connectivity index (χ0n) is 12.2. The third-order valence-electron chi connectivity index (χ3n) is 3.26. The van der Waals surface area contributed by atoms with Crippen LogP contribution in [0.15, 0.2) is 36.4 Å². The molecule has 0 unspecified atom stereocenters. The van der Waals surface area contributed by atoms with E-state index in [1.54, 1.807) is 24.3 Å². The molecule has 1 atom stereocenters. The molecule has 0 bridgehead atoms. The van der Waals surface area contributed by atoms with Crippen LogP contribution < -0.4 is 11.1 Å². The van der Waals surface area contributed by atoms with Crippen LogP contribution in [0.1, 0.15) is 15.9 Å². The molecular weight excluding hydrogens is 436 g/mol. The molecule has 0 radical (unpaired) electrons. The average molecular weight is 448 g/mol. The third-order valence-corrected chi connectivity index (χ3v) is 4.32. The molecule has 0 saturated carbocycles. The molecule has 2 rings (SSSR count). The summed E-state index contributed by atoms with van der Waals surface area (Å²) in [5.74, 6) is -5.90. The first-order valence-electron chi connectivity index (χ1n) is 6.77. The van der Waals surface area contributed by atoms with E-state index in [4.69, 9.17) is 5.73 Å². The van der Waals surface area contributed by atoms with Gasteiger partial charge in [0.1, 0.15) is 29.1 Å². The molecule has 2 amide bonds. The second kappa shape index (κ2) is 7.65. The van der Waals surface area contributed by atoms with Crippen LogP contribution in [0.2, 0.25) is 0 Å². The van der Waals surface area contributed by atoms with E-state index in [0.717, 1.165) is 9.13 Å². The molecule has 24 heavy (non-hydrogen) atoms. The zero-order valence-corrected chi connectivity index (χ0v) is 14.3. The van der Waals surface area contributed by atoms with Gasteiger partial charge in [-0.25, -0.2) is 13.2 Å². The lowest BCUT2D eigenvalue weighted by molar-refractivity contribution is -0.119. The van der Waals surface area contributed by atoms with E-state index in [2.05, 4.69) is 27.9 Å². The van der Waals surface area contributed by atoms with Crippen molar-refractivity contribution in [3.63, 3.8) is 0 Å². The van der Waals surface area contributed by atoms with Crippen LogP contribution in [0.25, 0.3) is 0 Å². The highest BCUT2D eigenvalue weighted by Gasteiger charge is 2.25. The standard InChI is InChI=1S/C16H12F3IN2O2/c17-9-6-10(18)14(11(19)7-9)16(24)22-13(15(21)23)5-8-3-1-2-4-12(8)20/h1-4,6-7,13H,5H2,(H2,21,23)(H,22,24)/t13-/m1/s1. The summed E-state index contributed by atoms with van der Waals surface area (Å²) in [6.07, 6.45) is 0.0601. The van der Waals surface area contributed by atoms with Crippen molar-refractivity contribution in [2.24, 2.45) is 5.73 Å². The monoisotopic (exact) mass is 448 g/mol. The van der Waals surface area contributed by atoms with Crippen LogP contribution in [0, 0.1) is 21.0 Å². The molecule has 0 saturated heterocycles. The molecular formula is C16H12F3IN2O2. The average Bonchev–Trinajstić information content (AvgIpc) is 2.47. The fraction of sp³-hybridized carbons (Fsp3) is 0.125. The summed E-state index contributed by atoms with van der Waals surface area (Å²) in [5, 5.41) is 2.19. The highest BCUT2D eigenvalue weighted by atomic mass is 127. The van der Waals surface area contributed by atoms with Gasteiger partial charge in [0.05, 0.1) is 0 Å². The summed E-state index contributed by atoms with van der Waals surface area (Å²) < 4.78 is 41.0. The fourth-order valence-corrected chi connectivity index (χ4v) is 2.70. The van der Waals surface area contributed by atoms with Crippen molar-refractivity contribution in [2.75, 3.05) is 0 Å². The van der Waals surface area contributed by atoms with Gasteiger partial charge < -0.3 is 11.1 Å². The Labute approximate surface area is 149 Å². The summed E-state index contributed by atoms with van der Waals surface area (Å²) in [5.41, 5.74) is 5.03. The number of hydrogen-bond donors (Lipinski definition) is 2. The largest absolute Gasteiger partial charge is 0.368 e. The van der Waals surface area contributed by atoms with Crippen molar-refractivity contribution in [3.8, 4) is 0 Å². The van der Waals surface area contributed by atoms with Crippen molar-refractivity contribution in [2.45, 2.75) is 12.5 Å². The maximum Gasteiger partial charge on any atom is 0.257 e. The molecule has 2 aromatic rings. The SMILES string of the molecule is NC(=O)[C@@H](Cc1ccccc1I)NC(=O)c1c(F)cc(F)cc1F. The maximum atomic E-state index is 13.6. The van der Waals surface area contributed by atoms with E-state index in [1.165, 1.54) is 0 Å². The van der Waals surface area contributed by atoms with Gasteiger partial charge in [-0.3, -0.25) is 9.59 Å². The summed E-state index contributed by atoms with van der Waals surface area (Å²) in [4.78, 5) is 23.6. The van der Waals surface area contributed by atoms with Gasteiger partial charge in [-0.2, -0.15) is 0 Å². The lowest BCUT2D eigenvalue weighted by atomic mass is 10.0. The van der Waals surface area contributed by atoms with Crippen molar-refractivity contribution in [1.82, 2.24) is 5.32 Å². The Balaban J connectivity index is 2.24. The first-order valence-corrected chi connectivity index (χ1v) is 7.85. The Bertz CT molecular complexity index is 776. The topological polar surface area (TPSA) is 72.2 Å². The van der Waals surface area contributed by atoms with Gasteiger partial charge in [0.2, 0.25) is 5.91 Å². The zero-order chi connectivity index (χ0) is 17.9. The van der Waals surface area contributed by atoms with Crippen LogP contribution in [0.4, 0.5) is 13.2 Å². The number of rotatable bonds is 5. The summed E-state index contributed by atoms with van der Waals surface area (Å²) >= 11 is 2.05. The molecule has 0 aliphatic heterocycles. The minimum absolute atomic E-state index is 0.0601. The van der Waals surface area contributed by atoms with Gasteiger partial charge in [0.15, 0.2) is 0 Å². The minimum Gasteiger partial charge on any atom is -0.368 e. The number of carbonyl (C=O) groups excluding carboxylic acids is 2. The Morgan fingerprint density at radius 3 is 2.25 bits per heavy atom. The van der Waals surface area contributed by atoms with Crippen LogP contribution >= 0.6 is 22.6 Å². The quantitative estimate of drug-likeness (QED) is 0.691. The van der Waals surface area contributed by atoms with Crippen molar-refractivity contribution < 1.29 is 22.8 Å². The first kappa shape index (κ1) is 18.2. The lowest BCUT2D eigenvalue weighted by Gasteiger charge is -2.17. The molecule has 0 heterocycles. The van der Waals surface area contributed by atoms with E-state index in [1.807, 2.05) is 0 Å². The predicted octanol–water partition coefficient (Wildman–Crippen LogP) is 2.53. The smallest absolute Gasteiger partial charge is 0.257 e. The van der Waals surface area contributed by atoms with Gasteiger partial charge in [0, 0.05) is 22.1 Å². The lowest BCUT2D eigenvalue weighted by Crippen LogP contribution is -2.46. The molecule has 0 aliphatic carbocycles. The summed E-state index contributed by atoms with van der Waals surface area (Å²) in [6.45, 7) is 0. The van der Waals surface area contributed by atoms with E-state index < -0.39 is 40.9 Å². The number of carbonyl (C=O) groups is 2. The van der Waals surface area contributed by atoms with Gasteiger partial charge in [-0.05, 0) is 34.2 Å². The van der Waals surface area contributed by atoms with Crippen molar-refractivity contribution in [3.05, 3.63) is 68.5 Å². The highest BCUT2D eigenvalue weighted by molar-refractivity contribution is 14.1. The Hall–Kier alpha value is -2.10. The van der Waals surface area contributed by atoms with Crippen LogP contribution in [-0.2, 0) is 11.2 Å². The van der Waals surface area contributed by atoms with Gasteiger partial charge >= 0.3 is 0 Å².